The second kappa shape index (κ2) is 10.7. The van der Waals surface area contributed by atoms with E-state index in [0.29, 0.717) is 36.7 Å². The van der Waals surface area contributed by atoms with Crippen LogP contribution in [0.25, 0.3) is 5.69 Å². The first-order valence-electron chi connectivity index (χ1n) is 11.8. The van der Waals surface area contributed by atoms with E-state index in [1.165, 1.54) is 15.1 Å². The molecule has 0 bridgehead atoms. The minimum atomic E-state index is -3.73. The van der Waals surface area contributed by atoms with Crippen LogP contribution in [0.3, 0.4) is 0 Å². The number of rotatable bonds is 7. The lowest BCUT2D eigenvalue weighted by Gasteiger charge is -2.36. The Kier molecular flexibility index (Phi) is 7.22. The zero-order chi connectivity index (χ0) is 25.8. The maximum atomic E-state index is 13.6. The Morgan fingerprint density at radius 3 is 2.32 bits per heavy atom. The number of hydrogen-bond acceptors (Lipinski definition) is 7. The van der Waals surface area contributed by atoms with Crippen LogP contribution in [0.5, 0.6) is 0 Å². The lowest BCUT2D eigenvalue weighted by molar-refractivity contribution is 0.385. The molecule has 2 aromatic carbocycles. The van der Waals surface area contributed by atoms with Crippen molar-refractivity contribution in [2.75, 3.05) is 36.4 Å². The molecule has 9 nitrogen and oxygen atoms in total. The molecule has 0 saturated carbocycles. The summed E-state index contributed by atoms with van der Waals surface area (Å²) in [5.74, 6) is 0. The van der Waals surface area contributed by atoms with Crippen LogP contribution < -0.4 is 15.8 Å². The molecular formula is C26H25ClN6O3S. The van der Waals surface area contributed by atoms with Crippen molar-refractivity contribution in [3.05, 3.63) is 106 Å². The number of halogens is 1. The molecule has 11 heteroatoms. The number of pyridine rings is 1. The number of nitrogens with zero attached hydrogens (tertiary/aromatic N) is 5. The Hall–Kier alpha value is -3.73. The van der Waals surface area contributed by atoms with E-state index in [1.807, 2.05) is 47.4 Å². The molecule has 0 atom stereocenters. The predicted octanol–water partition coefficient (Wildman–Crippen LogP) is 3.40. The van der Waals surface area contributed by atoms with Gasteiger partial charge < -0.3 is 10.2 Å². The molecule has 4 aromatic rings. The summed E-state index contributed by atoms with van der Waals surface area (Å²) in [4.78, 5) is 19.8. The highest BCUT2D eigenvalue weighted by Gasteiger charge is 2.31. The number of para-hydroxylation sites is 1. The van der Waals surface area contributed by atoms with Gasteiger partial charge >= 0.3 is 0 Å². The maximum Gasteiger partial charge on any atom is 0.296 e. The number of piperazine rings is 1. The van der Waals surface area contributed by atoms with E-state index in [-0.39, 0.29) is 28.6 Å². The van der Waals surface area contributed by atoms with Crippen molar-refractivity contribution in [3.8, 4) is 5.69 Å². The van der Waals surface area contributed by atoms with E-state index >= 15 is 0 Å². The molecule has 1 fully saturated rings. The summed E-state index contributed by atoms with van der Waals surface area (Å²) in [6.07, 6.45) is 5.08. The summed E-state index contributed by atoms with van der Waals surface area (Å²) in [6.45, 7) is 1.67. The molecule has 1 N–H and O–H groups in total. The number of anilines is 2. The Morgan fingerprint density at radius 2 is 1.62 bits per heavy atom. The van der Waals surface area contributed by atoms with E-state index in [4.69, 9.17) is 11.6 Å². The van der Waals surface area contributed by atoms with Crippen LogP contribution in [0.2, 0.25) is 5.02 Å². The smallest absolute Gasteiger partial charge is 0.296 e. The van der Waals surface area contributed by atoms with Crippen molar-refractivity contribution in [1.82, 2.24) is 19.1 Å². The topological polar surface area (TPSA) is 100 Å². The first-order valence-corrected chi connectivity index (χ1v) is 13.6. The Balaban J connectivity index is 1.42. The van der Waals surface area contributed by atoms with Gasteiger partial charge in [-0.05, 0) is 35.9 Å². The Labute approximate surface area is 220 Å². The molecule has 0 amide bonds. The fourth-order valence-corrected chi connectivity index (χ4v) is 6.17. The fourth-order valence-electron chi connectivity index (χ4n) is 4.26. The zero-order valence-electron chi connectivity index (χ0n) is 19.9. The molecular weight excluding hydrogens is 512 g/mol. The number of sulfonamides is 1. The molecule has 0 unspecified atom stereocenters. The second-order valence-corrected chi connectivity index (χ2v) is 10.8. The summed E-state index contributed by atoms with van der Waals surface area (Å²) in [5, 5.41) is 7.90. The van der Waals surface area contributed by atoms with Crippen molar-refractivity contribution in [2.24, 2.45) is 0 Å². The highest BCUT2D eigenvalue weighted by Crippen LogP contribution is 2.28. The van der Waals surface area contributed by atoms with Crippen LogP contribution in [-0.2, 0) is 16.6 Å². The van der Waals surface area contributed by atoms with Gasteiger partial charge in [0.1, 0.15) is 10.6 Å². The van der Waals surface area contributed by atoms with Crippen molar-refractivity contribution in [3.63, 3.8) is 0 Å². The highest BCUT2D eigenvalue weighted by molar-refractivity contribution is 7.89. The third-order valence-corrected chi connectivity index (χ3v) is 8.58. The molecule has 37 heavy (non-hydrogen) atoms. The van der Waals surface area contributed by atoms with E-state index < -0.39 is 10.0 Å². The number of nitrogens with one attached hydrogen (secondary N) is 1. The average Bonchev–Trinajstić information content (AvgIpc) is 2.93. The fraction of sp³-hybridized carbons (Fsp3) is 0.192. The normalized spacial score (nSPS) is 14.5. The predicted molar refractivity (Wildman–Crippen MR) is 144 cm³/mol. The van der Waals surface area contributed by atoms with Gasteiger partial charge in [0.25, 0.3) is 5.56 Å². The lowest BCUT2D eigenvalue weighted by atomic mass is 10.2. The van der Waals surface area contributed by atoms with Crippen LogP contribution >= 0.6 is 11.6 Å². The summed E-state index contributed by atoms with van der Waals surface area (Å²) in [6, 6.07) is 19.4. The van der Waals surface area contributed by atoms with Crippen LogP contribution in [0.1, 0.15) is 5.56 Å². The van der Waals surface area contributed by atoms with E-state index in [1.54, 1.807) is 36.8 Å². The van der Waals surface area contributed by atoms with E-state index in [0.717, 1.165) is 5.56 Å². The molecule has 5 rings (SSSR count). The van der Waals surface area contributed by atoms with Gasteiger partial charge in [0.15, 0.2) is 0 Å². The van der Waals surface area contributed by atoms with Gasteiger partial charge in [-0.2, -0.15) is 14.1 Å². The third-order valence-electron chi connectivity index (χ3n) is 6.18. The van der Waals surface area contributed by atoms with Crippen LogP contribution in [0.15, 0.2) is 95.0 Å². The average molecular weight is 537 g/mol. The minimum Gasteiger partial charge on any atom is -0.375 e. The maximum absolute atomic E-state index is 13.6. The standard InChI is InChI=1S/C26H25ClN6O3S/c27-22-10-4-5-11-24(22)37(35,36)32-15-13-31(14-16-32)23-19-30-33(21-8-2-1-3-9-21)26(34)25(23)29-18-20-7-6-12-28-17-20/h1-12,17,19,29H,13-16,18H2. The summed E-state index contributed by atoms with van der Waals surface area (Å²) < 4.78 is 29.1. The molecule has 1 aliphatic heterocycles. The zero-order valence-corrected chi connectivity index (χ0v) is 21.4. The second-order valence-electron chi connectivity index (χ2n) is 8.49. The minimum absolute atomic E-state index is 0.0936. The highest BCUT2D eigenvalue weighted by atomic mass is 35.5. The van der Waals surface area contributed by atoms with E-state index in [2.05, 4.69) is 15.4 Å². The largest absolute Gasteiger partial charge is 0.375 e. The molecule has 1 aliphatic rings. The molecule has 2 aromatic heterocycles. The van der Waals surface area contributed by atoms with Crippen LogP contribution in [-0.4, -0.2) is 53.7 Å². The molecule has 0 radical (unpaired) electrons. The quantitative estimate of drug-likeness (QED) is 0.386. The summed E-state index contributed by atoms with van der Waals surface area (Å²) in [7, 11) is -3.73. The monoisotopic (exact) mass is 536 g/mol. The van der Waals surface area contributed by atoms with Gasteiger partial charge in [0.2, 0.25) is 10.0 Å². The molecule has 3 heterocycles. The van der Waals surface area contributed by atoms with Gasteiger partial charge in [0.05, 0.1) is 22.6 Å². The van der Waals surface area contributed by atoms with E-state index in [9.17, 15) is 13.2 Å². The van der Waals surface area contributed by atoms with Gasteiger partial charge in [-0.25, -0.2) is 8.42 Å². The van der Waals surface area contributed by atoms with Crippen molar-refractivity contribution < 1.29 is 8.42 Å². The Morgan fingerprint density at radius 1 is 0.892 bits per heavy atom. The third kappa shape index (κ3) is 5.22. The first-order chi connectivity index (χ1) is 17.9. The molecule has 0 aliphatic carbocycles. The van der Waals surface area contributed by atoms with Gasteiger partial charge in [-0.3, -0.25) is 9.78 Å². The number of aromatic nitrogens is 3. The van der Waals surface area contributed by atoms with Crippen molar-refractivity contribution >= 4 is 33.0 Å². The van der Waals surface area contributed by atoms with Crippen molar-refractivity contribution in [1.29, 1.82) is 0 Å². The van der Waals surface area contributed by atoms with Gasteiger partial charge in [-0.15, -0.1) is 0 Å². The SMILES string of the molecule is O=c1c(NCc2cccnc2)c(N2CCN(S(=O)(=O)c3ccccc3Cl)CC2)cnn1-c1ccccc1. The van der Waals surface area contributed by atoms with Gasteiger partial charge in [-0.1, -0.05) is 48.0 Å². The van der Waals surface area contributed by atoms with Crippen LogP contribution in [0, 0.1) is 0 Å². The van der Waals surface area contributed by atoms with Crippen LogP contribution in [0.4, 0.5) is 11.4 Å². The van der Waals surface area contributed by atoms with Gasteiger partial charge in [0, 0.05) is 45.1 Å². The van der Waals surface area contributed by atoms with Crippen molar-refractivity contribution in [2.45, 2.75) is 11.4 Å². The number of benzene rings is 2. The molecule has 1 saturated heterocycles. The molecule has 190 valence electrons. The first kappa shape index (κ1) is 24.9. The number of hydrogen-bond donors (Lipinski definition) is 1. The lowest BCUT2D eigenvalue weighted by Crippen LogP contribution is -2.49. The summed E-state index contributed by atoms with van der Waals surface area (Å²) in [5.41, 5.74) is 2.30. The summed E-state index contributed by atoms with van der Waals surface area (Å²) >= 11 is 6.17. The molecule has 0 spiro atoms. The Bertz CT molecular complexity index is 1540.